The number of thioether (sulfide) groups is 1. The second kappa shape index (κ2) is 7.09. The molecular formula is C14H21FN2O2S2. The zero-order valence-corrected chi connectivity index (χ0v) is 13.7. The van der Waals surface area contributed by atoms with Gasteiger partial charge in [-0.1, -0.05) is 13.0 Å². The van der Waals surface area contributed by atoms with Crippen LogP contribution in [0.2, 0.25) is 0 Å². The molecule has 0 aliphatic carbocycles. The standard InChI is InChI=1S/C14H21FN2O2S2/c1-2-21(18,19)14-10-20-6-5-17(14)9-12-7-13(15)4-3-11(12)8-16/h3-4,7,14H,2,5-6,8-10,16H2,1H3. The van der Waals surface area contributed by atoms with Crippen molar-refractivity contribution in [3.05, 3.63) is 35.1 Å². The van der Waals surface area contributed by atoms with Crippen molar-refractivity contribution in [3.8, 4) is 0 Å². The highest BCUT2D eigenvalue weighted by molar-refractivity contribution is 8.01. The Morgan fingerprint density at radius 1 is 1.43 bits per heavy atom. The van der Waals surface area contributed by atoms with Crippen molar-refractivity contribution in [1.29, 1.82) is 0 Å². The summed E-state index contributed by atoms with van der Waals surface area (Å²) < 4.78 is 37.9. The summed E-state index contributed by atoms with van der Waals surface area (Å²) in [7, 11) is -3.14. The minimum Gasteiger partial charge on any atom is -0.326 e. The van der Waals surface area contributed by atoms with Crippen molar-refractivity contribution in [2.75, 3.05) is 23.8 Å². The van der Waals surface area contributed by atoms with Crippen LogP contribution >= 0.6 is 11.8 Å². The Bertz CT molecular complexity index is 593. The average molecular weight is 332 g/mol. The predicted octanol–water partition coefficient (Wildman–Crippen LogP) is 1.59. The molecule has 1 unspecified atom stereocenters. The van der Waals surface area contributed by atoms with Crippen LogP contribution in [0.1, 0.15) is 18.1 Å². The first kappa shape index (κ1) is 16.7. The lowest BCUT2D eigenvalue weighted by atomic mass is 10.1. The van der Waals surface area contributed by atoms with Crippen molar-refractivity contribution in [1.82, 2.24) is 4.90 Å². The molecule has 1 heterocycles. The summed E-state index contributed by atoms with van der Waals surface area (Å²) in [5.74, 6) is 1.28. The van der Waals surface area contributed by atoms with Crippen molar-refractivity contribution in [3.63, 3.8) is 0 Å². The molecule has 0 spiro atoms. The monoisotopic (exact) mass is 332 g/mol. The van der Waals surface area contributed by atoms with E-state index in [1.807, 2.05) is 4.90 Å². The van der Waals surface area contributed by atoms with Gasteiger partial charge >= 0.3 is 0 Å². The third kappa shape index (κ3) is 3.97. The zero-order valence-electron chi connectivity index (χ0n) is 12.1. The molecule has 1 aliphatic heterocycles. The number of hydrogen-bond acceptors (Lipinski definition) is 5. The molecule has 4 nitrogen and oxygen atoms in total. The molecule has 0 radical (unpaired) electrons. The van der Waals surface area contributed by atoms with E-state index in [2.05, 4.69) is 0 Å². The van der Waals surface area contributed by atoms with E-state index < -0.39 is 15.2 Å². The van der Waals surface area contributed by atoms with Crippen LogP contribution in [0.4, 0.5) is 4.39 Å². The molecule has 2 rings (SSSR count). The maximum absolute atomic E-state index is 13.5. The SMILES string of the molecule is CCS(=O)(=O)C1CSCCN1Cc1cc(F)ccc1CN. The van der Waals surface area contributed by atoms with Gasteiger partial charge in [0.15, 0.2) is 9.84 Å². The fourth-order valence-corrected chi connectivity index (χ4v) is 5.56. The van der Waals surface area contributed by atoms with E-state index in [1.54, 1.807) is 24.8 Å². The minimum atomic E-state index is -3.14. The Morgan fingerprint density at radius 2 is 2.19 bits per heavy atom. The number of halogens is 1. The molecule has 7 heteroatoms. The highest BCUT2D eigenvalue weighted by atomic mass is 32.2. The maximum atomic E-state index is 13.5. The molecule has 0 aromatic heterocycles. The predicted molar refractivity (Wildman–Crippen MR) is 85.3 cm³/mol. The zero-order chi connectivity index (χ0) is 15.5. The topological polar surface area (TPSA) is 63.4 Å². The quantitative estimate of drug-likeness (QED) is 0.887. The smallest absolute Gasteiger partial charge is 0.166 e. The van der Waals surface area contributed by atoms with E-state index in [1.165, 1.54) is 12.1 Å². The van der Waals surface area contributed by atoms with Crippen molar-refractivity contribution < 1.29 is 12.8 Å². The van der Waals surface area contributed by atoms with Crippen LogP contribution in [0.3, 0.4) is 0 Å². The van der Waals surface area contributed by atoms with E-state index in [-0.39, 0.29) is 11.6 Å². The molecule has 1 saturated heterocycles. The molecule has 2 N–H and O–H groups in total. The van der Waals surface area contributed by atoms with Gasteiger partial charge in [0.2, 0.25) is 0 Å². The van der Waals surface area contributed by atoms with Crippen molar-refractivity contribution >= 4 is 21.6 Å². The molecular weight excluding hydrogens is 311 g/mol. The molecule has 1 atom stereocenters. The molecule has 1 fully saturated rings. The first-order chi connectivity index (χ1) is 9.97. The van der Waals surface area contributed by atoms with Gasteiger partial charge in [-0.25, -0.2) is 12.8 Å². The molecule has 118 valence electrons. The van der Waals surface area contributed by atoms with Gasteiger partial charge in [0.25, 0.3) is 0 Å². The number of nitrogens with zero attached hydrogens (tertiary/aromatic N) is 1. The molecule has 1 aliphatic rings. The van der Waals surface area contributed by atoms with Gasteiger partial charge < -0.3 is 5.73 Å². The normalized spacial score (nSPS) is 20.6. The van der Waals surface area contributed by atoms with Crippen molar-refractivity contribution in [2.24, 2.45) is 5.73 Å². The van der Waals surface area contributed by atoms with Crippen molar-refractivity contribution in [2.45, 2.75) is 25.4 Å². The lowest BCUT2D eigenvalue weighted by Gasteiger charge is -2.35. The third-order valence-electron chi connectivity index (χ3n) is 3.77. The first-order valence-corrected chi connectivity index (χ1v) is 9.85. The third-order valence-corrected chi connectivity index (χ3v) is 7.10. The van der Waals surface area contributed by atoms with Crippen LogP contribution < -0.4 is 5.73 Å². The number of hydrogen-bond donors (Lipinski definition) is 1. The van der Waals surface area contributed by atoms with Gasteiger partial charge in [-0.3, -0.25) is 4.90 Å². The van der Waals surface area contributed by atoms with Crippen LogP contribution in [-0.2, 0) is 22.9 Å². The molecule has 21 heavy (non-hydrogen) atoms. The summed E-state index contributed by atoms with van der Waals surface area (Å²) in [5, 5.41) is -0.491. The second-order valence-corrected chi connectivity index (χ2v) is 8.67. The van der Waals surface area contributed by atoms with E-state index in [9.17, 15) is 12.8 Å². The van der Waals surface area contributed by atoms with Crippen LogP contribution in [0.25, 0.3) is 0 Å². The van der Waals surface area contributed by atoms with Gasteiger partial charge in [0.1, 0.15) is 11.2 Å². The fourth-order valence-electron chi connectivity index (χ4n) is 2.48. The summed E-state index contributed by atoms with van der Waals surface area (Å²) in [6, 6.07) is 4.52. The second-order valence-electron chi connectivity index (χ2n) is 5.07. The van der Waals surface area contributed by atoms with Gasteiger partial charge in [-0.15, -0.1) is 0 Å². The minimum absolute atomic E-state index is 0.127. The lowest BCUT2D eigenvalue weighted by Crippen LogP contribution is -2.47. The summed E-state index contributed by atoms with van der Waals surface area (Å²) in [4.78, 5) is 1.93. The van der Waals surface area contributed by atoms with Gasteiger partial charge in [0, 0.05) is 36.9 Å². The highest BCUT2D eigenvalue weighted by Gasteiger charge is 2.32. The number of nitrogens with two attached hydrogens (primary N) is 1. The summed E-state index contributed by atoms with van der Waals surface area (Å²) in [6.45, 7) is 3.10. The highest BCUT2D eigenvalue weighted by Crippen LogP contribution is 2.24. The number of benzene rings is 1. The molecule has 1 aromatic rings. The van der Waals surface area contributed by atoms with Gasteiger partial charge in [-0.05, 0) is 23.3 Å². The van der Waals surface area contributed by atoms with Crippen LogP contribution in [0, 0.1) is 5.82 Å². The number of sulfone groups is 1. The van der Waals surface area contributed by atoms with Gasteiger partial charge in [0.05, 0.1) is 0 Å². The molecule has 1 aromatic carbocycles. The van der Waals surface area contributed by atoms with Gasteiger partial charge in [-0.2, -0.15) is 11.8 Å². The molecule has 0 amide bonds. The molecule has 0 bridgehead atoms. The Hall–Kier alpha value is -0.630. The maximum Gasteiger partial charge on any atom is 0.166 e. The van der Waals surface area contributed by atoms with E-state index >= 15 is 0 Å². The summed E-state index contributed by atoms with van der Waals surface area (Å²) in [6.07, 6.45) is 0. The van der Waals surface area contributed by atoms with E-state index in [0.717, 1.165) is 16.9 Å². The molecule has 0 saturated carbocycles. The summed E-state index contributed by atoms with van der Waals surface area (Å²) in [5.41, 5.74) is 7.33. The summed E-state index contributed by atoms with van der Waals surface area (Å²) >= 11 is 1.65. The Labute approximate surface area is 129 Å². The average Bonchev–Trinajstić information content (AvgIpc) is 2.48. The first-order valence-electron chi connectivity index (χ1n) is 6.98. The van der Waals surface area contributed by atoms with Crippen LogP contribution in [-0.4, -0.2) is 42.5 Å². The number of rotatable bonds is 5. The Kier molecular flexibility index (Phi) is 5.65. The Balaban J connectivity index is 2.26. The fraction of sp³-hybridized carbons (Fsp3) is 0.571. The van der Waals surface area contributed by atoms with Crippen LogP contribution in [0.15, 0.2) is 18.2 Å². The Morgan fingerprint density at radius 3 is 2.86 bits per heavy atom. The van der Waals surface area contributed by atoms with E-state index in [0.29, 0.717) is 25.4 Å². The van der Waals surface area contributed by atoms with Crippen LogP contribution in [0.5, 0.6) is 0 Å². The lowest BCUT2D eigenvalue weighted by molar-refractivity contribution is 0.260. The largest absolute Gasteiger partial charge is 0.326 e. The van der Waals surface area contributed by atoms with E-state index in [4.69, 9.17) is 5.73 Å².